The van der Waals surface area contributed by atoms with Gasteiger partial charge in [-0.3, -0.25) is 19.2 Å². The van der Waals surface area contributed by atoms with Crippen LogP contribution >= 0.6 is 0 Å². The lowest BCUT2D eigenvalue weighted by Gasteiger charge is -2.20. The van der Waals surface area contributed by atoms with E-state index in [2.05, 4.69) is 236 Å². The van der Waals surface area contributed by atoms with Gasteiger partial charge in [-0.15, -0.1) is 0 Å². The van der Waals surface area contributed by atoms with E-state index >= 15 is 0 Å². The molecule has 0 N–H and O–H groups in total. The lowest BCUT2D eigenvalue weighted by atomic mass is 9.61. The fraction of sp³-hybridized carbons (Fsp3) is 0.140. The molecule has 0 radical (unpaired) electrons. The minimum atomic E-state index is -2.22. The number of hydrogen-bond acceptors (Lipinski definition) is 12. The normalized spacial score (nSPS) is 14.3. The Morgan fingerprint density at radius 2 is 0.708 bits per heavy atom. The summed E-state index contributed by atoms with van der Waals surface area (Å²) in [7, 11) is 7.93. The van der Waals surface area contributed by atoms with Gasteiger partial charge in [-0.1, -0.05) is 133 Å². The first-order chi connectivity index (χ1) is 57.3. The second kappa shape index (κ2) is 30.2. The van der Waals surface area contributed by atoms with Crippen LogP contribution in [-0.2, 0) is 28.2 Å². The summed E-state index contributed by atoms with van der Waals surface area (Å²) in [4.78, 5) is 26.5. The number of hydrogen-bond donors (Lipinski definition) is 0. The van der Waals surface area contributed by atoms with Gasteiger partial charge in [-0.25, -0.2) is 38.2 Å². The Labute approximate surface area is 666 Å². The third-order valence-electron chi connectivity index (χ3n) is 21.5. The van der Waals surface area contributed by atoms with Crippen molar-refractivity contribution in [1.29, 1.82) is 0 Å². The Kier molecular flexibility index (Phi) is 17.5. The van der Waals surface area contributed by atoms with E-state index < -0.39 is 13.7 Å². The van der Waals surface area contributed by atoms with E-state index in [1.54, 1.807) is 24.8 Å². The van der Waals surface area contributed by atoms with Gasteiger partial charge in [0.15, 0.2) is 10.8 Å². The lowest BCUT2D eigenvalue weighted by molar-refractivity contribution is -0.658. The maximum absolute atomic E-state index is 8.06. The van der Waals surface area contributed by atoms with Crippen LogP contribution in [0.25, 0.3) is 138 Å². The molecule has 16 aromatic rings. The summed E-state index contributed by atoms with van der Waals surface area (Å²) in [6, 6.07) is 66.9. The fourth-order valence-electron chi connectivity index (χ4n) is 15.6. The average molecular weight is 1490 g/mol. The van der Waals surface area contributed by atoms with Crippen molar-refractivity contribution in [1.82, 2.24) is 19.9 Å². The molecule has 113 heavy (non-hydrogen) atoms. The van der Waals surface area contributed by atoms with Gasteiger partial charge in [0, 0.05) is 83.0 Å². The zero-order chi connectivity index (χ0) is 82.9. The number of aryl methyl sites for hydroxylation is 9. The molecule has 16 nitrogen and oxygen atoms in total. The molecule has 0 bridgehead atoms. The number of anilines is 4. The molecule has 4 aliphatic heterocycles. The van der Waals surface area contributed by atoms with Gasteiger partial charge in [-0.2, -0.15) is 0 Å². The SMILES string of the molecule is CB1C=c2c(oc3nc(C)ccc23)=CN1c1cc(-c2ccccc2)cc[n+]1C.CB1C=c2oc3ncccc3c2=CN1c1cc(C)c(-c2ccccc2)c[n+]1C.[2H]C([2H])([2H])c1c[n+](C)c(N2C=c3c(oc4ncccc34)=CB2C)cc1-c1ccccc1.[2H]C([2H])([2H])c1c[n+](C)c(N2C=c3oc4nc(C)ccc4c3=CB2C)cc1-c1ccccc1. The van der Waals surface area contributed by atoms with Crippen LogP contribution in [0.15, 0.2) is 255 Å². The zero-order valence-corrected chi connectivity index (χ0v) is 64.9. The van der Waals surface area contributed by atoms with Crippen LogP contribution in [0, 0.1) is 34.5 Å². The van der Waals surface area contributed by atoms with Gasteiger partial charge in [0.2, 0.25) is 22.9 Å². The molecule has 0 atom stereocenters. The maximum Gasteiger partial charge on any atom is 0.405 e. The molecule has 20 heteroatoms. The maximum atomic E-state index is 8.06. The van der Waals surface area contributed by atoms with Crippen LogP contribution in [0.2, 0.25) is 27.3 Å². The van der Waals surface area contributed by atoms with Crippen molar-refractivity contribution in [3.8, 4) is 44.5 Å². The molecule has 0 aliphatic carbocycles. The lowest BCUT2D eigenvalue weighted by Crippen LogP contribution is -2.47. The van der Waals surface area contributed by atoms with Crippen LogP contribution in [0.4, 0.5) is 23.3 Å². The number of fused-ring (bicyclic) bond motifs is 12. The Bertz CT molecular complexity index is 7220. The average Bonchev–Trinajstić information content (AvgIpc) is 1.34. The van der Waals surface area contributed by atoms with Crippen LogP contribution < -0.4 is 80.0 Å². The third-order valence-corrected chi connectivity index (χ3v) is 21.5. The standard InChI is InChI=1S/C24H23BN3O.3C23H21BN3O/c1-16-14-27(4)23(12-20(16)18-8-6-5-7-9-18)28-15-22-21(13-25(28)3)19-11-10-17(2)26-24(19)29-22;1-16-14-26(3)22(12-19(16)17-8-5-4-6-9-17)27-15-20-18-10-7-11-25-23(18)28-21(20)13-24(27)2;1-16-12-22(26(3)14-19(16)17-8-5-4-6-9-17)27-15-20-18-10-7-11-25-23(18)28-21(20)13-24(27)2;1-16-9-10-19-20-14-24(2)27(15-21(20)28-23(19)25-16)22-13-18(11-12-26(22)3)17-7-5-4-6-8-17/h5-15H,1-4H3;3*4-15H,1-3H3/q4*+1/i2*1D3;;. The summed E-state index contributed by atoms with van der Waals surface area (Å²) in [5.41, 5.74) is 17.8. The van der Waals surface area contributed by atoms with Crippen LogP contribution in [0.5, 0.6) is 0 Å². The number of nitrogens with zero attached hydrogens (tertiary/aromatic N) is 12. The molecule has 550 valence electrons. The van der Waals surface area contributed by atoms with Crippen LogP contribution in [0.3, 0.4) is 0 Å². The molecule has 0 saturated carbocycles. The highest BCUT2D eigenvalue weighted by atomic mass is 16.3. The van der Waals surface area contributed by atoms with Crippen molar-refractivity contribution in [2.24, 2.45) is 28.2 Å². The van der Waals surface area contributed by atoms with Crippen molar-refractivity contribution in [2.75, 3.05) is 19.2 Å². The zero-order valence-electron chi connectivity index (χ0n) is 70.9. The van der Waals surface area contributed by atoms with Gasteiger partial charge in [0.25, 0.3) is 23.3 Å². The first-order valence-corrected chi connectivity index (χ1v) is 38.0. The second-order valence-electron chi connectivity index (χ2n) is 29.4. The van der Waals surface area contributed by atoms with E-state index in [4.69, 9.17) is 25.9 Å². The highest BCUT2D eigenvalue weighted by molar-refractivity contribution is 6.78. The molecule has 4 aliphatic rings. The van der Waals surface area contributed by atoms with Crippen molar-refractivity contribution in [3.63, 3.8) is 0 Å². The number of rotatable bonds is 8. The third kappa shape index (κ3) is 14.1. The van der Waals surface area contributed by atoms with Gasteiger partial charge < -0.3 is 17.7 Å². The Balaban J connectivity index is 0.000000114. The molecule has 0 unspecified atom stereocenters. The largest absolute Gasteiger partial charge is 0.439 e. The van der Waals surface area contributed by atoms with E-state index in [9.17, 15) is 0 Å². The highest BCUT2D eigenvalue weighted by Crippen LogP contribution is 2.31. The first-order valence-electron chi connectivity index (χ1n) is 41.0. The van der Waals surface area contributed by atoms with Gasteiger partial charge in [0.05, 0.1) is 86.6 Å². The Hall–Kier alpha value is -13.3. The molecular formula is C93H86B4N12O4+4. The second-order valence-corrected chi connectivity index (χ2v) is 29.4. The van der Waals surface area contributed by atoms with E-state index in [0.717, 1.165) is 110 Å². The molecule has 0 saturated heterocycles. The molecule has 0 spiro atoms. The summed E-state index contributed by atoms with van der Waals surface area (Å²) in [5, 5.41) is 8.32. The quantitative estimate of drug-likeness (QED) is 0.106. The van der Waals surface area contributed by atoms with Crippen molar-refractivity contribution >= 4 is 144 Å². The molecule has 4 aromatic carbocycles. The predicted octanol–water partition coefficient (Wildman–Crippen LogP) is 11.6. The first kappa shape index (κ1) is 65.5. The van der Waals surface area contributed by atoms with Crippen LogP contribution in [0.1, 0.15) is 36.3 Å². The summed E-state index contributed by atoms with van der Waals surface area (Å²) < 4.78 is 80.4. The molecule has 0 amide bonds. The molecule has 12 aromatic heterocycles. The number of benzene rings is 4. The summed E-state index contributed by atoms with van der Waals surface area (Å²) in [5.74, 6) is 12.7. The number of furan rings is 4. The topological polar surface area (TPSA) is 133 Å². The Morgan fingerprint density at radius 3 is 1.16 bits per heavy atom. The number of pyridine rings is 8. The van der Waals surface area contributed by atoms with E-state index in [0.29, 0.717) is 45.1 Å². The number of aromatic nitrogens is 8. The fourth-order valence-corrected chi connectivity index (χ4v) is 15.6. The molecule has 16 heterocycles. The monoisotopic (exact) mass is 1480 g/mol. The van der Waals surface area contributed by atoms with Crippen molar-refractivity contribution in [3.05, 3.63) is 308 Å². The molecular weight excluding hydrogens is 1390 g/mol. The van der Waals surface area contributed by atoms with E-state index in [1.165, 1.54) is 27.8 Å². The van der Waals surface area contributed by atoms with Gasteiger partial charge >= 0.3 is 27.4 Å². The minimum Gasteiger partial charge on any atom is -0.439 e. The molecule has 0 fully saturated rings. The van der Waals surface area contributed by atoms with Crippen molar-refractivity contribution < 1.29 is 44.2 Å². The van der Waals surface area contributed by atoms with Gasteiger partial charge in [-0.05, 0) is 184 Å². The predicted molar refractivity (Wildman–Crippen MR) is 461 cm³/mol. The van der Waals surface area contributed by atoms with Gasteiger partial charge in [0.1, 0.15) is 23.2 Å². The summed E-state index contributed by atoms with van der Waals surface area (Å²) >= 11 is 0. The van der Waals surface area contributed by atoms with E-state index in [-0.39, 0.29) is 27.4 Å². The van der Waals surface area contributed by atoms with Crippen LogP contribution in [-0.4, -0.2) is 47.3 Å². The van der Waals surface area contributed by atoms with Crippen molar-refractivity contribution in [2.45, 2.75) is 61.8 Å². The summed E-state index contributed by atoms with van der Waals surface area (Å²) in [6.07, 6.45) is 19.6. The Morgan fingerprint density at radius 1 is 0.327 bits per heavy atom. The summed E-state index contributed by atoms with van der Waals surface area (Å²) in [6.45, 7) is 10.7. The highest BCUT2D eigenvalue weighted by Gasteiger charge is 2.35. The minimum absolute atomic E-state index is 0.0153. The smallest absolute Gasteiger partial charge is 0.405 e. The van der Waals surface area contributed by atoms with E-state index in [1.807, 2.05) is 159 Å². The molecule has 20 rings (SSSR count).